The molecule has 0 aromatic rings. The summed E-state index contributed by atoms with van der Waals surface area (Å²) in [5, 5.41) is 34.7. The number of ether oxygens (including phenoxy) is 4. The summed E-state index contributed by atoms with van der Waals surface area (Å²) in [7, 11) is 0. The van der Waals surface area contributed by atoms with E-state index in [0.29, 0.717) is 6.42 Å². The van der Waals surface area contributed by atoms with Gasteiger partial charge in [-0.2, -0.15) is 0 Å². The molecule has 0 unspecified atom stereocenters. The molecule has 3 N–H and O–H groups in total. The van der Waals surface area contributed by atoms with Gasteiger partial charge in [-0.15, -0.1) is 11.6 Å². The fourth-order valence-corrected chi connectivity index (χ4v) is 6.85. The monoisotopic (exact) mass is 542 g/mol. The minimum absolute atomic E-state index is 0.103. The molecule has 2 heterocycles. The highest BCUT2D eigenvalue weighted by atomic mass is 35.5. The number of allylic oxidation sites excluding steroid dienone is 1. The lowest BCUT2D eigenvalue weighted by molar-refractivity contribution is -0.257. The van der Waals surface area contributed by atoms with Gasteiger partial charge in [0.15, 0.2) is 17.8 Å². The zero-order valence-corrected chi connectivity index (χ0v) is 22.3. The number of aliphatic hydroxyl groups is 3. The Bertz CT molecular complexity index is 1020. The molecule has 206 valence electrons. The summed E-state index contributed by atoms with van der Waals surface area (Å²) in [6, 6.07) is 0. The van der Waals surface area contributed by atoms with Gasteiger partial charge in [0, 0.05) is 24.7 Å². The molecule has 0 amide bonds. The molecule has 37 heavy (non-hydrogen) atoms. The SMILES string of the molecule is C=C1/C=C/[C@H](O)[C@@]2(C)[C@H]3O[C@H]3[C@@H](OC(=O)CCC)[C@@](C)(O)[C@@H]2[C@H](OC(C)=O)[C@]2(O)[C@@H](C)C(=O)O[C@H]2[C@H]1Cl. The summed E-state index contributed by atoms with van der Waals surface area (Å²) >= 11 is 6.62. The molecule has 11 heteroatoms. The third-order valence-corrected chi connectivity index (χ3v) is 9.08. The molecule has 1 saturated carbocycles. The van der Waals surface area contributed by atoms with Crippen LogP contribution in [0.1, 0.15) is 47.5 Å². The average molecular weight is 543 g/mol. The zero-order chi connectivity index (χ0) is 27.7. The number of esters is 3. The number of rotatable bonds is 4. The first kappa shape index (κ1) is 28.0. The largest absolute Gasteiger partial charge is 0.459 e. The Morgan fingerprint density at radius 3 is 2.43 bits per heavy atom. The molecule has 0 spiro atoms. The van der Waals surface area contributed by atoms with E-state index in [1.807, 2.05) is 0 Å². The molecule has 0 aromatic carbocycles. The quantitative estimate of drug-likeness (QED) is 0.204. The lowest BCUT2D eigenvalue weighted by Crippen LogP contribution is -2.73. The van der Waals surface area contributed by atoms with Gasteiger partial charge >= 0.3 is 17.9 Å². The van der Waals surface area contributed by atoms with Gasteiger partial charge in [-0.1, -0.05) is 32.6 Å². The van der Waals surface area contributed by atoms with Gasteiger partial charge in [-0.05, 0) is 25.8 Å². The van der Waals surface area contributed by atoms with Crippen LogP contribution in [0.15, 0.2) is 24.3 Å². The van der Waals surface area contributed by atoms with Crippen molar-refractivity contribution < 1.29 is 48.7 Å². The predicted octanol–water partition coefficient (Wildman–Crippen LogP) is 1.17. The summed E-state index contributed by atoms with van der Waals surface area (Å²) in [6.45, 7) is 11.3. The van der Waals surface area contributed by atoms with Crippen molar-refractivity contribution in [2.24, 2.45) is 17.3 Å². The van der Waals surface area contributed by atoms with Crippen molar-refractivity contribution >= 4 is 29.5 Å². The van der Waals surface area contributed by atoms with Crippen molar-refractivity contribution in [1.82, 2.24) is 0 Å². The second-order valence-corrected chi connectivity index (χ2v) is 11.5. The van der Waals surface area contributed by atoms with Crippen molar-refractivity contribution in [3.05, 3.63) is 24.3 Å². The van der Waals surface area contributed by atoms with Crippen molar-refractivity contribution in [3.63, 3.8) is 0 Å². The highest BCUT2D eigenvalue weighted by Gasteiger charge is 2.78. The minimum Gasteiger partial charge on any atom is -0.459 e. The van der Waals surface area contributed by atoms with Gasteiger partial charge < -0.3 is 34.3 Å². The highest BCUT2D eigenvalue weighted by Crippen LogP contribution is 2.62. The van der Waals surface area contributed by atoms with Crippen LogP contribution in [0.5, 0.6) is 0 Å². The molecule has 10 nitrogen and oxygen atoms in total. The van der Waals surface area contributed by atoms with E-state index >= 15 is 0 Å². The first-order valence-corrected chi connectivity index (χ1v) is 12.9. The molecular weight excluding hydrogens is 508 g/mol. The molecule has 2 saturated heterocycles. The summed E-state index contributed by atoms with van der Waals surface area (Å²) in [6.07, 6.45) is -3.54. The minimum atomic E-state index is -2.25. The number of epoxide rings is 1. The molecule has 4 rings (SSSR count). The maximum atomic E-state index is 12.8. The third-order valence-electron chi connectivity index (χ3n) is 8.57. The molecule has 0 radical (unpaired) electrons. The van der Waals surface area contributed by atoms with Crippen LogP contribution in [0.3, 0.4) is 0 Å². The van der Waals surface area contributed by atoms with Gasteiger partial charge in [0.25, 0.3) is 0 Å². The Morgan fingerprint density at radius 2 is 1.84 bits per heavy atom. The number of aliphatic hydroxyl groups excluding tert-OH is 1. The Morgan fingerprint density at radius 1 is 1.19 bits per heavy atom. The van der Waals surface area contributed by atoms with Crippen LogP contribution < -0.4 is 0 Å². The lowest BCUT2D eigenvalue weighted by atomic mass is 9.52. The summed E-state index contributed by atoms with van der Waals surface area (Å²) in [5.74, 6) is -4.71. The highest BCUT2D eigenvalue weighted by molar-refractivity contribution is 6.23. The number of carbonyl (C=O) groups excluding carboxylic acids is 3. The molecular formula is C26H35ClO10. The van der Waals surface area contributed by atoms with Gasteiger partial charge in [0.2, 0.25) is 0 Å². The molecule has 2 aliphatic heterocycles. The molecule has 3 fully saturated rings. The van der Waals surface area contributed by atoms with Gasteiger partial charge in [-0.3, -0.25) is 14.4 Å². The second-order valence-electron chi connectivity index (χ2n) is 11.0. The van der Waals surface area contributed by atoms with E-state index in [9.17, 15) is 29.7 Å². The van der Waals surface area contributed by atoms with Crippen LogP contribution in [0.25, 0.3) is 0 Å². The van der Waals surface area contributed by atoms with Gasteiger partial charge in [0.05, 0.1) is 23.5 Å². The van der Waals surface area contributed by atoms with Crippen molar-refractivity contribution in [2.75, 3.05) is 0 Å². The van der Waals surface area contributed by atoms with Crippen LogP contribution in [-0.2, 0) is 33.3 Å². The van der Waals surface area contributed by atoms with Gasteiger partial charge in [0.1, 0.15) is 17.8 Å². The van der Waals surface area contributed by atoms with Crippen molar-refractivity contribution in [1.29, 1.82) is 0 Å². The number of carbonyl (C=O) groups is 3. The summed E-state index contributed by atoms with van der Waals surface area (Å²) in [5.41, 5.74) is -5.40. The molecule has 4 aliphatic rings. The van der Waals surface area contributed by atoms with E-state index in [-0.39, 0.29) is 12.0 Å². The van der Waals surface area contributed by atoms with Crippen LogP contribution in [0, 0.1) is 17.3 Å². The van der Waals surface area contributed by atoms with E-state index in [4.69, 9.17) is 30.5 Å². The summed E-state index contributed by atoms with van der Waals surface area (Å²) < 4.78 is 22.8. The fourth-order valence-electron chi connectivity index (χ4n) is 6.52. The Kier molecular flexibility index (Phi) is 7.08. The maximum absolute atomic E-state index is 12.8. The van der Waals surface area contributed by atoms with E-state index in [1.165, 1.54) is 26.0 Å². The standard InChI is InChI=1S/C26H35ClO10/c1-7-8-15(30)35-21-17-20(36-17)24(5)14(29)10-9-11(2)16(27)19-26(33,12(3)23(31)37-19)22(34-13(4)28)18(24)25(21,6)32/h9-10,12,14,16-22,29,32-33H,2,7-8H2,1,3-6H3/b10-9+/t12-,14-,16-,17+,18+,19-,20-,21+,22-,24+,25-,26-/m0/s1. The number of hydrogen-bond acceptors (Lipinski definition) is 10. The number of halogens is 1. The third kappa shape index (κ3) is 4.12. The first-order chi connectivity index (χ1) is 17.1. The van der Waals surface area contributed by atoms with Crippen molar-refractivity contribution in [2.45, 2.75) is 101 Å². The topological polar surface area (TPSA) is 152 Å². The molecule has 0 bridgehead atoms. The number of alkyl halides is 1. The maximum Gasteiger partial charge on any atom is 0.312 e. The van der Waals surface area contributed by atoms with Crippen LogP contribution >= 0.6 is 11.6 Å². The Hall–Kier alpha value is -1.98. The first-order valence-electron chi connectivity index (χ1n) is 12.5. The number of fused-ring (bicyclic) bond motifs is 4. The second kappa shape index (κ2) is 9.34. The predicted molar refractivity (Wildman–Crippen MR) is 129 cm³/mol. The van der Waals surface area contributed by atoms with E-state index in [1.54, 1.807) is 13.8 Å². The van der Waals surface area contributed by atoms with E-state index < -0.39 is 88.4 Å². The zero-order valence-electron chi connectivity index (χ0n) is 21.5. The average Bonchev–Trinajstić information content (AvgIpc) is 3.57. The van der Waals surface area contributed by atoms with Crippen molar-refractivity contribution in [3.8, 4) is 0 Å². The Labute approximate surface area is 220 Å². The molecule has 2 aliphatic carbocycles. The summed E-state index contributed by atoms with van der Waals surface area (Å²) in [4.78, 5) is 37.8. The molecule has 0 aromatic heterocycles. The van der Waals surface area contributed by atoms with Crippen LogP contribution in [0.4, 0.5) is 0 Å². The fraction of sp³-hybridized carbons (Fsp3) is 0.731. The van der Waals surface area contributed by atoms with E-state index in [0.717, 1.165) is 6.92 Å². The van der Waals surface area contributed by atoms with Crippen LogP contribution in [-0.4, -0.2) is 86.4 Å². The van der Waals surface area contributed by atoms with E-state index in [2.05, 4.69) is 6.58 Å². The lowest BCUT2D eigenvalue weighted by Gasteiger charge is -2.56. The Balaban J connectivity index is 1.96. The number of hydrogen-bond donors (Lipinski definition) is 3. The smallest absolute Gasteiger partial charge is 0.312 e. The molecule has 12 atom stereocenters. The normalized spacial score (nSPS) is 49.6. The van der Waals surface area contributed by atoms with Gasteiger partial charge in [-0.25, -0.2) is 0 Å². The van der Waals surface area contributed by atoms with Crippen LogP contribution in [0.2, 0.25) is 0 Å².